The zero-order chi connectivity index (χ0) is 19.1. The lowest BCUT2D eigenvalue weighted by atomic mass is 10.1. The Morgan fingerprint density at radius 1 is 1.19 bits per heavy atom. The molecule has 8 nitrogen and oxygen atoms in total. The van der Waals surface area contributed by atoms with Gasteiger partial charge in [0.05, 0.1) is 25.6 Å². The van der Waals surface area contributed by atoms with E-state index in [0.29, 0.717) is 29.4 Å². The van der Waals surface area contributed by atoms with Gasteiger partial charge < -0.3 is 24.1 Å². The fourth-order valence-electron chi connectivity index (χ4n) is 2.39. The number of rotatable bonds is 8. The van der Waals surface area contributed by atoms with Gasteiger partial charge in [0.25, 0.3) is 5.91 Å². The minimum absolute atomic E-state index is 0.141. The van der Waals surface area contributed by atoms with Crippen molar-refractivity contribution in [1.82, 2.24) is 5.16 Å². The minimum atomic E-state index is -0.471. The van der Waals surface area contributed by atoms with Crippen molar-refractivity contribution in [2.45, 2.75) is 26.7 Å². The van der Waals surface area contributed by atoms with Crippen LogP contribution < -0.4 is 14.8 Å². The van der Waals surface area contributed by atoms with Crippen LogP contribution >= 0.6 is 0 Å². The van der Waals surface area contributed by atoms with Crippen LogP contribution in [0.4, 0.5) is 5.69 Å². The molecular formula is C18H22N2O6. The highest BCUT2D eigenvalue weighted by atomic mass is 16.5. The third-order valence-electron chi connectivity index (χ3n) is 3.81. The number of hydrogen-bond acceptors (Lipinski definition) is 7. The number of benzene rings is 1. The van der Waals surface area contributed by atoms with Gasteiger partial charge in [0.2, 0.25) is 0 Å². The molecule has 0 aliphatic carbocycles. The Morgan fingerprint density at radius 3 is 2.58 bits per heavy atom. The number of hydrogen-bond donors (Lipinski definition) is 1. The van der Waals surface area contributed by atoms with Crippen LogP contribution in [0.1, 0.15) is 23.4 Å². The van der Waals surface area contributed by atoms with Gasteiger partial charge in [-0.25, -0.2) is 0 Å². The van der Waals surface area contributed by atoms with Gasteiger partial charge in [-0.05, 0) is 32.4 Å². The number of carbonyl (C=O) groups excluding carboxylic acids is 2. The quantitative estimate of drug-likeness (QED) is 0.720. The van der Waals surface area contributed by atoms with E-state index in [1.165, 1.54) is 14.2 Å². The number of methoxy groups -OCH3 is 2. The molecule has 26 heavy (non-hydrogen) atoms. The van der Waals surface area contributed by atoms with Gasteiger partial charge in [0, 0.05) is 18.1 Å². The van der Waals surface area contributed by atoms with E-state index in [2.05, 4.69) is 10.5 Å². The highest BCUT2D eigenvalue weighted by Crippen LogP contribution is 2.28. The van der Waals surface area contributed by atoms with Crippen molar-refractivity contribution in [3.8, 4) is 11.5 Å². The summed E-state index contributed by atoms with van der Waals surface area (Å²) in [6.07, 6.45) is 0.593. The topological polar surface area (TPSA) is 99.9 Å². The molecule has 1 aromatic carbocycles. The summed E-state index contributed by atoms with van der Waals surface area (Å²) in [7, 11) is 3.02. The molecule has 8 heteroatoms. The first-order valence-corrected chi connectivity index (χ1v) is 8.03. The first-order chi connectivity index (χ1) is 12.4. The molecule has 0 bridgehead atoms. The largest absolute Gasteiger partial charge is 0.497 e. The molecule has 0 fully saturated rings. The summed E-state index contributed by atoms with van der Waals surface area (Å²) in [6, 6.07) is 4.98. The molecule has 1 N–H and O–H groups in total. The van der Waals surface area contributed by atoms with Crippen molar-refractivity contribution < 1.29 is 28.3 Å². The zero-order valence-electron chi connectivity index (χ0n) is 15.3. The Morgan fingerprint density at radius 2 is 1.96 bits per heavy atom. The number of carbonyl (C=O) groups is 2. The Hall–Kier alpha value is -3.03. The first-order valence-electron chi connectivity index (χ1n) is 8.03. The van der Waals surface area contributed by atoms with Crippen LogP contribution in [0, 0.1) is 13.8 Å². The van der Waals surface area contributed by atoms with E-state index in [1.54, 1.807) is 25.1 Å². The molecule has 0 aliphatic heterocycles. The lowest BCUT2D eigenvalue weighted by Crippen LogP contribution is -2.21. The smallest absolute Gasteiger partial charge is 0.306 e. The average molecular weight is 362 g/mol. The fraction of sp³-hybridized carbons (Fsp3) is 0.389. The molecular weight excluding hydrogens is 340 g/mol. The van der Waals surface area contributed by atoms with E-state index < -0.39 is 11.9 Å². The third-order valence-corrected chi connectivity index (χ3v) is 3.81. The molecule has 0 saturated heterocycles. The fourth-order valence-corrected chi connectivity index (χ4v) is 2.39. The zero-order valence-corrected chi connectivity index (χ0v) is 15.3. The molecule has 0 saturated carbocycles. The van der Waals surface area contributed by atoms with Crippen LogP contribution in [0.3, 0.4) is 0 Å². The lowest BCUT2D eigenvalue weighted by Gasteiger charge is -2.11. The summed E-state index contributed by atoms with van der Waals surface area (Å²) in [6.45, 7) is 3.22. The molecule has 0 unspecified atom stereocenters. The van der Waals surface area contributed by atoms with E-state index in [4.69, 9.17) is 18.7 Å². The maximum absolute atomic E-state index is 12.0. The highest BCUT2D eigenvalue weighted by Gasteiger charge is 2.14. The predicted molar refractivity (Wildman–Crippen MR) is 93.4 cm³/mol. The summed E-state index contributed by atoms with van der Waals surface area (Å²) in [5.74, 6) is 0.800. The monoisotopic (exact) mass is 362 g/mol. The molecule has 0 spiro atoms. The SMILES string of the molecule is COc1ccc(NC(=O)COC(=O)CCc2c(C)noc2C)c(OC)c1. The Kier molecular flexibility index (Phi) is 6.60. The van der Waals surface area contributed by atoms with Crippen molar-refractivity contribution in [3.05, 3.63) is 35.2 Å². The summed E-state index contributed by atoms with van der Waals surface area (Å²) in [5, 5.41) is 6.47. The van der Waals surface area contributed by atoms with E-state index >= 15 is 0 Å². The second kappa shape index (κ2) is 8.89. The Labute approximate surface area is 151 Å². The van der Waals surface area contributed by atoms with Gasteiger partial charge in [-0.2, -0.15) is 0 Å². The normalized spacial score (nSPS) is 10.3. The van der Waals surface area contributed by atoms with E-state index in [9.17, 15) is 9.59 Å². The van der Waals surface area contributed by atoms with Crippen LogP contribution in [0.15, 0.2) is 22.7 Å². The summed E-state index contributed by atoms with van der Waals surface area (Å²) >= 11 is 0. The predicted octanol–water partition coefficient (Wildman–Crippen LogP) is 2.42. The van der Waals surface area contributed by atoms with Gasteiger partial charge in [0.1, 0.15) is 17.3 Å². The number of aryl methyl sites for hydroxylation is 2. The number of esters is 1. The van der Waals surface area contributed by atoms with Gasteiger partial charge >= 0.3 is 5.97 Å². The Balaban J connectivity index is 1.82. The second-order valence-electron chi connectivity index (χ2n) is 5.58. The standard InChI is InChI=1S/C18H22N2O6/c1-11-14(12(2)26-20-11)6-8-18(22)25-10-17(21)19-15-7-5-13(23-3)9-16(15)24-4/h5,7,9H,6,8,10H2,1-4H3,(H,19,21). The van der Waals surface area contributed by atoms with Crippen molar-refractivity contribution in [1.29, 1.82) is 0 Å². The number of ether oxygens (including phenoxy) is 3. The Bertz CT molecular complexity index is 764. The van der Waals surface area contributed by atoms with Crippen LogP contribution in [-0.4, -0.2) is 37.9 Å². The third kappa shape index (κ3) is 4.98. The van der Waals surface area contributed by atoms with E-state index in [1.807, 2.05) is 6.92 Å². The molecule has 140 valence electrons. The number of nitrogens with one attached hydrogen (secondary N) is 1. The molecule has 2 rings (SSSR count). The van der Waals surface area contributed by atoms with Crippen LogP contribution in [-0.2, 0) is 20.7 Å². The van der Waals surface area contributed by atoms with Crippen molar-refractivity contribution in [2.75, 3.05) is 26.1 Å². The van der Waals surface area contributed by atoms with E-state index in [-0.39, 0.29) is 13.0 Å². The lowest BCUT2D eigenvalue weighted by molar-refractivity contribution is -0.147. The molecule has 0 atom stereocenters. The summed E-state index contributed by atoms with van der Waals surface area (Å²) in [5.41, 5.74) is 2.10. The second-order valence-corrected chi connectivity index (χ2v) is 5.58. The maximum Gasteiger partial charge on any atom is 0.306 e. The van der Waals surface area contributed by atoms with Crippen LogP contribution in [0.2, 0.25) is 0 Å². The molecule has 1 amide bonds. The van der Waals surface area contributed by atoms with Gasteiger partial charge in [-0.15, -0.1) is 0 Å². The van der Waals surface area contributed by atoms with Crippen molar-refractivity contribution in [2.24, 2.45) is 0 Å². The maximum atomic E-state index is 12.0. The summed E-state index contributed by atoms with van der Waals surface area (Å²) in [4.78, 5) is 23.8. The van der Waals surface area contributed by atoms with Crippen molar-refractivity contribution >= 4 is 17.6 Å². The van der Waals surface area contributed by atoms with Gasteiger partial charge in [-0.3, -0.25) is 9.59 Å². The van der Waals surface area contributed by atoms with E-state index in [0.717, 1.165) is 11.3 Å². The van der Waals surface area contributed by atoms with Gasteiger partial charge in [-0.1, -0.05) is 5.16 Å². The summed E-state index contributed by atoms with van der Waals surface area (Å²) < 4.78 is 20.3. The number of anilines is 1. The molecule has 2 aromatic rings. The number of aromatic nitrogens is 1. The van der Waals surface area contributed by atoms with Gasteiger partial charge in [0.15, 0.2) is 6.61 Å². The number of nitrogens with zero attached hydrogens (tertiary/aromatic N) is 1. The van der Waals surface area contributed by atoms with Crippen LogP contribution in [0.25, 0.3) is 0 Å². The molecule has 1 aromatic heterocycles. The molecule has 0 aliphatic rings. The minimum Gasteiger partial charge on any atom is -0.497 e. The molecule has 0 radical (unpaired) electrons. The van der Waals surface area contributed by atoms with Crippen LogP contribution in [0.5, 0.6) is 11.5 Å². The highest BCUT2D eigenvalue weighted by molar-refractivity contribution is 5.94. The average Bonchev–Trinajstić information content (AvgIpc) is 2.96. The molecule has 1 heterocycles. The number of amides is 1. The first kappa shape index (κ1) is 19.3. The van der Waals surface area contributed by atoms with Crippen molar-refractivity contribution in [3.63, 3.8) is 0 Å².